The number of nitrogens with zero attached hydrogens (tertiary/aromatic N) is 2. The summed E-state index contributed by atoms with van der Waals surface area (Å²) >= 11 is 0. The zero-order valence-electron chi connectivity index (χ0n) is 16.4. The molecule has 0 radical (unpaired) electrons. The largest absolute Gasteiger partial charge is 0.456 e. The molecule has 0 fully saturated rings. The summed E-state index contributed by atoms with van der Waals surface area (Å²) in [5.41, 5.74) is 3.83. The van der Waals surface area contributed by atoms with Crippen LogP contribution in [0, 0.1) is 18.3 Å². The van der Waals surface area contributed by atoms with Crippen LogP contribution in [0.15, 0.2) is 54.7 Å². The van der Waals surface area contributed by atoms with Crippen LogP contribution in [0.3, 0.4) is 0 Å². The molecule has 2 aromatic carbocycles. The van der Waals surface area contributed by atoms with Gasteiger partial charge in [-0.3, -0.25) is 9.59 Å². The van der Waals surface area contributed by atoms with Crippen LogP contribution < -0.4 is 4.90 Å². The average Bonchev–Trinajstić information content (AvgIpc) is 3.15. The lowest BCUT2D eigenvalue weighted by molar-refractivity contribution is -0.147. The summed E-state index contributed by atoms with van der Waals surface area (Å²) in [4.78, 5) is 29.4. The molecule has 0 atom stereocenters. The van der Waals surface area contributed by atoms with Crippen LogP contribution in [0.4, 0.5) is 5.69 Å². The lowest BCUT2D eigenvalue weighted by Crippen LogP contribution is -2.35. The van der Waals surface area contributed by atoms with Crippen LogP contribution >= 0.6 is 0 Å². The number of benzene rings is 2. The standard InChI is InChI=1S/C23H23N3O3/c1-17-7-10-19(11-8-17)26(14-4-13-24)22(27)16-29-23(28)12-9-18-15-25-21-6-3-2-5-20(18)21/h2-3,5-8,10-11,15,25H,4,9,12,14,16H2,1H3. The Kier molecular flexibility index (Phi) is 6.64. The fourth-order valence-electron chi connectivity index (χ4n) is 3.15. The predicted octanol–water partition coefficient (Wildman–Crippen LogP) is 3.90. The number of aryl methyl sites for hydroxylation is 2. The third kappa shape index (κ3) is 5.23. The molecule has 29 heavy (non-hydrogen) atoms. The molecule has 0 aliphatic carbocycles. The van der Waals surface area contributed by atoms with Crippen LogP contribution in [0.5, 0.6) is 0 Å². The molecule has 0 aliphatic rings. The molecule has 0 saturated carbocycles. The topological polar surface area (TPSA) is 86.2 Å². The lowest BCUT2D eigenvalue weighted by atomic mass is 10.1. The second kappa shape index (κ2) is 9.56. The predicted molar refractivity (Wildman–Crippen MR) is 111 cm³/mol. The molecule has 0 aliphatic heterocycles. The van der Waals surface area contributed by atoms with E-state index < -0.39 is 5.97 Å². The van der Waals surface area contributed by atoms with E-state index in [1.165, 1.54) is 4.90 Å². The molecule has 1 amide bonds. The quantitative estimate of drug-likeness (QED) is 0.592. The molecular weight excluding hydrogens is 366 g/mol. The van der Waals surface area contributed by atoms with Gasteiger partial charge in [0.2, 0.25) is 0 Å². The van der Waals surface area contributed by atoms with Gasteiger partial charge in [-0.1, -0.05) is 35.9 Å². The number of ether oxygens (including phenoxy) is 1. The van der Waals surface area contributed by atoms with Crippen LogP contribution in [-0.2, 0) is 20.7 Å². The number of esters is 1. The molecule has 6 heteroatoms. The Bertz CT molecular complexity index is 1030. The maximum absolute atomic E-state index is 12.6. The molecule has 0 saturated heterocycles. The van der Waals surface area contributed by atoms with Crippen molar-refractivity contribution >= 4 is 28.5 Å². The van der Waals surface area contributed by atoms with Gasteiger partial charge in [0.1, 0.15) is 0 Å². The van der Waals surface area contributed by atoms with E-state index in [0.717, 1.165) is 22.0 Å². The number of rotatable bonds is 8. The smallest absolute Gasteiger partial charge is 0.306 e. The maximum atomic E-state index is 12.6. The normalized spacial score (nSPS) is 10.5. The van der Waals surface area contributed by atoms with Crippen molar-refractivity contribution in [2.75, 3.05) is 18.1 Å². The van der Waals surface area contributed by atoms with Gasteiger partial charge in [-0.15, -0.1) is 0 Å². The molecular formula is C23H23N3O3. The minimum absolute atomic E-state index is 0.192. The number of fused-ring (bicyclic) bond motifs is 1. The van der Waals surface area contributed by atoms with Crippen LogP contribution in [0.2, 0.25) is 0 Å². The summed E-state index contributed by atoms with van der Waals surface area (Å²) in [6.07, 6.45) is 2.82. The number of nitrogens with one attached hydrogen (secondary N) is 1. The number of anilines is 1. The number of carbonyl (C=O) groups is 2. The number of hydrogen-bond acceptors (Lipinski definition) is 4. The minimum Gasteiger partial charge on any atom is -0.456 e. The van der Waals surface area contributed by atoms with Gasteiger partial charge >= 0.3 is 5.97 Å². The highest BCUT2D eigenvalue weighted by molar-refractivity contribution is 5.95. The number of H-pyrrole nitrogens is 1. The van der Waals surface area contributed by atoms with Gasteiger partial charge in [0.05, 0.1) is 12.5 Å². The Morgan fingerprint density at radius 3 is 2.66 bits per heavy atom. The second-order valence-electron chi connectivity index (χ2n) is 6.81. The Labute approximate surface area is 169 Å². The Morgan fingerprint density at radius 2 is 1.90 bits per heavy atom. The van der Waals surface area contributed by atoms with Crippen molar-refractivity contribution in [1.82, 2.24) is 4.98 Å². The monoisotopic (exact) mass is 389 g/mol. The molecule has 1 heterocycles. The molecule has 0 spiro atoms. The SMILES string of the molecule is Cc1ccc(N(CCC#N)C(=O)COC(=O)CCc2c[nH]c3ccccc23)cc1. The zero-order valence-corrected chi connectivity index (χ0v) is 16.4. The van der Waals surface area contributed by atoms with Gasteiger partial charge in [-0.05, 0) is 37.1 Å². The van der Waals surface area contributed by atoms with Gasteiger partial charge in [0, 0.05) is 35.8 Å². The van der Waals surface area contributed by atoms with Gasteiger partial charge in [-0.2, -0.15) is 5.26 Å². The first kappa shape index (κ1) is 20.2. The summed E-state index contributed by atoms with van der Waals surface area (Å²) in [7, 11) is 0. The number of amides is 1. The number of aromatic nitrogens is 1. The van der Waals surface area contributed by atoms with Crippen molar-refractivity contribution in [3.63, 3.8) is 0 Å². The summed E-state index contributed by atoms with van der Waals surface area (Å²) < 4.78 is 5.20. The summed E-state index contributed by atoms with van der Waals surface area (Å²) in [6, 6.07) is 17.4. The minimum atomic E-state index is -0.423. The number of aromatic amines is 1. The zero-order chi connectivity index (χ0) is 20.6. The highest BCUT2D eigenvalue weighted by Crippen LogP contribution is 2.19. The first-order valence-corrected chi connectivity index (χ1v) is 9.53. The van der Waals surface area contributed by atoms with Crippen LogP contribution in [0.1, 0.15) is 24.0 Å². The van der Waals surface area contributed by atoms with E-state index >= 15 is 0 Å². The molecule has 3 aromatic rings. The molecule has 0 unspecified atom stereocenters. The van der Waals surface area contributed by atoms with Crippen LogP contribution in [-0.4, -0.2) is 30.0 Å². The summed E-state index contributed by atoms with van der Waals surface area (Å²) in [5, 5.41) is 9.95. The fraction of sp³-hybridized carbons (Fsp3) is 0.261. The molecule has 1 aromatic heterocycles. The third-order valence-electron chi connectivity index (χ3n) is 4.72. The Balaban J connectivity index is 1.55. The van der Waals surface area contributed by atoms with E-state index in [9.17, 15) is 9.59 Å². The van der Waals surface area contributed by atoms with Gasteiger partial charge < -0.3 is 14.6 Å². The van der Waals surface area contributed by atoms with Crippen molar-refractivity contribution < 1.29 is 14.3 Å². The van der Waals surface area contributed by atoms with Gasteiger partial charge in [-0.25, -0.2) is 0 Å². The van der Waals surface area contributed by atoms with E-state index in [0.29, 0.717) is 12.1 Å². The van der Waals surface area contributed by atoms with Crippen molar-refractivity contribution in [2.24, 2.45) is 0 Å². The van der Waals surface area contributed by atoms with Gasteiger partial charge in [0.25, 0.3) is 5.91 Å². The van der Waals surface area contributed by atoms with Crippen molar-refractivity contribution in [1.29, 1.82) is 5.26 Å². The lowest BCUT2D eigenvalue weighted by Gasteiger charge is -2.21. The van der Waals surface area contributed by atoms with E-state index in [4.69, 9.17) is 10.00 Å². The first-order chi connectivity index (χ1) is 14.1. The number of para-hydroxylation sites is 1. The second-order valence-corrected chi connectivity index (χ2v) is 6.81. The average molecular weight is 389 g/mol. The van der Waals surface area contributed by atoms with Crippen molar-refractivity contribution in [3.8, 4) is 6.07 Å². The molecule has 6 nitrogen and oxygen atoms in total. The molecule has 148 valence electrons. The molecule has 0 bridgehead atoms. The maximum Gasteiger partial charge on any atom is 0.306 e. The highest BCUT2D eigenvalue weighted by atomic mass is 16.5. The fourth-order valence-corrected chi connectivity index (χ4v) is 3.15. The third-order valence-corrected chi connectivity index (χ3v) is 4.72. The van der Waals surface area contributed by atoms with Crippen molar-refractivity contribution in [3.05, 3.63) is 65.9 Å². The molecule has 3 rings (SSSR count). The Hall–Kier alpha value is -3.59. The number of hydrogen-bond donors (Lipinski definition) is 1. The summed E-state index contributed by atoms with van der Waals surface area (Å²) in [5.74, 6) is -0.766. The van der Waals surface area contributed by atoms with E-state index in [1.807, 2.05) is 67.7 Å². The van der Waals surface area contributed by atoms with E-state index in [1.54, 1.807) is 0 Å². The van der Waals surface area contributed by atoms with Crippen LogP contribution in [0.25, 0.3) is 10.9 Å². The van der Waals surface area contributed by atoms with E-state index in [-0.39, 0.29) is 31.9 Å². The Morgan fingerprint density at radius 1 is 1.14 bits per heavy atom. The number of nitriles is 1. The van der Waals surface area contributed by atoms with Crippen molar-refractivity contribution in [2.45, 2.75) is 26.2 Å². The first-order valence-electron chi connectivity index (χ1n) is 9.53. The summed E-state index contributed by atoms with van der Waals surface area (Å²) in [6.45, 7) is 1.87. The van der Waals surface area contributed by atoms with Gasteiger partial charge in [0.15, 0.2) is 6.61 Å². The molecule has 1 N–H and O–H groups in total. The van der Waals surface area contributed by atoms with E-state index in [2.05, 4.69) is 4.98 Å². The highest BCUT2D eigenvalue weighted by Gasteiger charge is 2.17. The number of carbonyl (C=O) groups excluding carboxylic acids is 2.